The molecule has 2 atom stereocenters. The van der Waals surface area contributed by atoms with Gasteiger partial charge in [-0.2, -0.15) is 0 Å². The first-order chi connectivity index (χ1) is 7.05. The minimum absolute atomic E-state index is 0.0829. The minimum atomic E-state index is -0.546. The molecule has 2 unspecified atom stereocenters. The smallest absolute Gasteiger partial charge is 0.0758 e. The van der Waals surface area contributed by atoms with Gasteiger partial charge >= 0.3 is 0 Å². The second kappa shape index (κ2) is 4.01. The molecule has 0 saturated carbocycles. The third-order valence-corrected chi connectivity index (χ3v) is 3.61. The highest BCUT2D eigenvalue weighted by Crippen LogP contribution is 2.31. The molecule has 0 bridgehead atoms. The molecule has 4 heteroatoms. The normalized spacial score (nSPS) is 42.6. The van der Waals surface area contributed by atoms with Gasteiger partial charge in [0.15, 0.2) is 0 Å². The average molecular weight is 215 g/mol. The summed E-state index contributed by atoms with van der Waals surface area (Å²) in [6.45, 7) is 5.96. The van der Waals surface area contributed by atoms with E-state index in [0.29, 0.717) is 6.61 Å². The zero-order valence-corrected chi connectivity index (χ0v) is 9.41. The van der Waals surface area contributed by atoms with Crippen LogP contribution in [-0.4, -0.2) is 60.2 Å². The van der Waals surface area contributed by atoms with Gasteiger partial charge in [0.1, 0.15) is 0 Å². The molecule has 0 aromatic rings. The van der Waals surface area contributed by atoms with Crippen molar-refractivity contribution in [3.8, 4) is 0 Å². The Morgan fingerprint density at radius 3 is 2.67 bits per heavy atom. The molecule has 2 fully saturated rings. The van der Waals surface area contributed by atoms with E-state index in [1.54, 1.807) is 0 Å². The van der Waals surface area contributed by atoms with E-state index in [2.05, 4.69) is 4.90 Å². The van der Waals surface area contributed by atoms with Crippen LogP contribution in [0, 0.1) is 5.41 Å². The van der Waals surface area contributed by atoms with E-state index in [0.717, 1.165) is 39.1 Å². The van der Waals surface area contributed by atoms with Crippen molar-refractivity contribution in [1.29, 1.82) is 0 Å². The minimum Gasteiger partial charge on any atom is -0.396 e. The molecule has 2 heterocycles. The van der Waals surface area contributed by atoms with Gasteiger partial charge in [-0.3, -0.25) is 4.90 Å². The second-order valence-corrected chi connectivity index (χ2v) is 5.42. The zero-order chi connectivity index (χ0) is 10.9. The molecule has 2 rings (SSSR count). The Morgan fingerprint density at radius 1 is 1.40 bits per heavy atom. The van der Waals surface area contributed by atoms with Gasteiger partial charge in [0.25, 0.3) is 0 Å². The molecular weight excluding hydrogens is 194 g/mol. The molecule has 0 aromatic heterocycles. The summed E-state index contributed by atoms with van der Waals surface area (Å²) in [6.07, 6.45) is 1.76. The third kappa shape index (κ3) is 2.50. The lowest BCUT2D eigenvalue weighted by atomic mass is 9.88. The fourth-order valence-corrected chi connectivity index (χ4v) is 2.60. The van der Waals surface area contributed by atoms with E-state index < -0.39 is 5.60 Å². The third-order valence-electron chi connectivity index (χ3n) is 3.61. The fraction of sp³-hybridized carbons (Fsp3) is 1.00. The molecule has 2 saturated heterocycles. The lowest BCUT2D eigenvalue weighted by molar-refractivity contribution is 0.0399. The van der Waals surface area contributed by atoms with Gasteiger partial charge in [0.05, 0.1) is 18.8 Å². The van der Waals surface area contributed by atoms with Crippen LogP contribution in [0.2, 0.25) is 0 Å². The van der Waals surface area contributed by atoms with E-state index in [4.69, 9.17) is 4.74 Å². The number of hydrogen-bond acceptors (Lipinski definition) is 4. The van der Waals surface area contributed by atoms with Gasteiger partial charge < -0.3 is 14.9 Å². The maximum Gasteiger partial charge on any atom is 0.0758 e. The Bertz CT molecular complexity index is 224. The van der Waals surface area contributed by atoms with E-state index in [1.165, 1.54) is 0 Å². The summed E-state index contributed by atoms with van der Waals surface area (Å²) in [7, 11) is 0. The highest BCUT2D eigenvalue weighted by molar-refractivity contribution is 4.92. The number of hydrogen-bond donors (Lipinski definition) is 2. The lowest BCUT2D eigenvalue weighted by Crippen LogP contribution is -2.41. The van der Waals surface area contributed by atoms with Gasteiger partial charge in [-0.25, -0.2) is 0 Å². The summed E-state index contributed by atoms with van der Waals surface area (Å²) in [5.74, 6) is 0. The summed E-state index contributed by atoms with van der Waals surface area (Å²) < 4.78 is 5.36. The molecule has 2 aliphatic heterocycles. The van der Waals surface area contributed by atoms with Gasteiger partial charge in [-0.1, -0.05) is 0 Å². The van der Waals surface area contributed by atoms with E-state index in [1.807, 2.05) is 6.92 Å². The first kappa shape index (κ1) is 11.3. The van der Waals surface area contributed by atoms with Gasteiger partial charge in [0, 0.05) is 31.7 Å². The molecule has 15 heavy (non-hydrogen) atoms. The van der Waals surface area contributed by atoms with Crippen molar-refractivity contribution in [2.75, 3.05) is 39.5 Å². The zero-order valence-electron chi connectivity index (χ0n) is 9.41. The summed E-state index contributed by atoms with van der Waals surface area (Å²) in [4.78, 5) is 2.24. The molecular formula is C11H21NO3. The summed E-state index contributed by atoms with van der Waals surface area (Å²) in [6, 6.07) is 0. The first-order valence-corrected chi connectivity index (χ1v) is 5.69. The summed E-state index contributed by atoms with van der Waals surface area (Å²) in [5, 5.41) is 19.3. The topological polar surface area (TPSA) is 52.9 Å². The first-order valence-electron chi connectivity index (χ1n) is 5.69. The Balaban J connectivity index is 1.91. The Morgan fingerprint density at radius 2 is 2.20 bits per heavy atom. The van der Waals surface area contributed by atoms with Crippen LogP contribution in [0.1, 0.15) is 19.8 Å². The molecule has 88 valence electrons. The van der Waals surface area contributed by atoms with Crippen LogP contribution < -0.4 is 0 Å². The molecule has 2 N–H and O–H groups in total. The predicted octanol–water partition coefficient (Wildman–Crippen LogP) is -0.158. The molecule has 4 nitrogen and oxygen atoms in total. The van der Waals surface area contributed by atoms with Crippen molar-refractivity contribution in [2.45, 2.75) is 25.4 Å². The molecule has 0 aliphatic carbocycles. The predicted molar refractivity (Wildman–Crippen MR) is 56.6 cm³/mol. The van der Waals surface area contributed by atoms with Crippen LogP contribution in [-0.2, 0) is 4.74 Å². The van der Waals surface area contributed by atoms with Crippen molar-refractivity contribution in [2.24, 2.45) is 5.41 Å². The highest BCUT2D eigenvalue weighted by atomic mass is 16.5. The van der Waals surface area contributed by atoms with Gasteiger partial charge in [-0.05, 0) is 19.8 Å². The molecule has 0 radical (unpaired) electrons. The van der Waals surface area contributed by atoms with Crippen LogP contribution in [0.3, 0.4) is 0 Å². The van der Waals surface area contributed by atoms with Crippen LogP contribution in [0.4, 0.5) is 0 Å². The second-order valence-electron chi connectivity index (χ2n) is 5.42. The number of ether oxygens (including phenoxy) is 1. The standard InChI is InChI=1S/C11H21NO3/c1-10(14)2-4-12(6-10)7-11(8-13)3-5-15-9-11/h13-14H,2-9H2,1H3. The largest absolute Gasteiger partial charge is 0.396 e. The highest BCUT2D eigenvalue weighted by Gasteiger charge is 2.40. The maximum atomic E-state index is 9.86. The Kier molecular flexibility index (Phi) is 3.03. The quantitative estimate of drug-likeness (QED) is 0.687. The van der Waals surface area contributed by atoms with Gasteiger partial charge in [-0.15, -0.1) is 0 Å². The van der Waals surface area contributed by atoms with Crippen molar-refractivity contribution in [1.82, 2.24) is 4.90 Å². The maximum absolute atomic E-state index is 9.86. The average Bonchev–Trinajstić information content (AvgIpc) is 2.75. The van der Waals surface area contributed by atoms with Gasteiger partial charge in [0.2, 0.25) is 0 Å². The van der Waals surface area contributed by atoms with Crippen LogP contribution in [0.25, 0.3) is 0 Å². The number of rotatable bonds is 3. The van der Waals surface area contributed by atoms with E-state index >= 15 is 0 Å². The number of β-amino-alcohol motifs (C(OH)–C–C–N with tert-alkyl or cyclic N) is 1. The fourth-order valence-electron chi connectivity index (χ4n) is 2.60. The molecule has 2 aliphatic rings. The van der Waals surface area contributed by atoms with E-state index in [9.17, 15) is 10.2 Å². The molecule has 0 aromatic carbocycles. The lowest BCUT2D eigenvalue weighted by Gasteiger charge is -2.30. The number of likely N-dealkylation sites (tertiary alicyclic amines) is 1. The van der Waals surface area contributed by atoms with Crippen molar-refractivity contribution in [3.05, 3.63) is 0 Å². The summed E-state index contributed by atoms with van der Waals surface area (Å²) in [5.41, 5.74) is -0.628. The summed E-state index contributed by atoms with van der Waals surface area (Å²) >= 11 is 0. The van der Waals surface area contributed by atoms with Crippen LogP contribution >= 0.6 is 0 Å². The Labute approximate surface area is 90.8 Å². The number of aliphatic hydroxyl groups is 2. The van der Waals surface area contributed by atoms with Crippen molar-refractivity contribution >= 4 is 0 Å². The number of nitrogens with zero attached hydrogens (tertiary/aromatic N) is 1. The Hall–Kier alpha value is -0.160. The number of aliphatic hydroxyl groups excluding tert-OH is 1. The monoisotopic (exact) mass is 215 g/mol. The van der Waals surface area contributed by atoms with E-state index in [-0.39, 0.29) is 12.0 Å². The van der Waals surface area contributed by atoms with Crippen molar-refractivity contribution in [3.63, 3.8) is 0 Å². The molecule has 0 spiro atoms. The van der Waals surface area contributed by atoms with Crippen LogP contribution in [0.15, 0.2) is 0 Å². The molecule has 0 amide bonds. The SMILES string of the molecule is CC1(O)CCN(CC2(CO)CCOC2)C1. The van der Waals surface area contributed by atoms with Crippen LogP contribution in [0.5, 0.6) is 0 Å². The van der Waals surface area contributed by atoms with Crippen molar-refractivity contribution < 1.29 is 14.9 Å².